The van der Waals surface area contributed by atoms with E-state index in [4.69, 9.17) is 5.11 Å². The third-order valence-corrected chi connectivity index (χ3v) is 3.35. The quantitative estimate of drug-likeness (QED) is 0.619. The molecule has 0 saturated carbocycles. The first-order valence-electron chi connectivity index (χ1n) is 6.81. The Kier molecular flexibility index (Phi) is 4.94. The molecule has 6 nitrogen and oxygen atoms in total. The van der Waals surface area contributed by atoms with Crippen LogP contribution >= 0.6 is 0 Å². The predicted octanol–water partition coefficient (Wildman–Crippen LogP) is 1.56. The highest BCUT2D eigenvalue weighted by molar-refractivity contribution is 5.90. The smallest absolute Gasteiger partial charge is 0.319 e. The number of aliphatic carboxylic acids is 1. The van der Waals surface area contributed by atoms with Gasteiger partial charge in [0, 0.05) is 12.2 Å². The molecule has 4 N–H and O–H groups in total. The molecule has 2 unspecified atom stereocenters. The van der Waals surface area contributed by atoms with Crippen molar-refractivity contribution >= 4 is 17.7 Å². The molecule has 0 spiro atoms. The van der Waals surface area contributed by atoms with Gasteiger partial charge in [0.25, 0.3) is 0 Å². The summed E-state index contributed by atoms with van der Waals surface area (Å²) >= 11 is 0. The van der Waals surface area contributed by atoms with E-state index in [-0.39, 0.29) is 12.1 Å². The number of benzene rings is 1. The Hall–Kier alpha value is -2.34. The summed E-state index contributed by atoms with van der Waals surface area (Å²) in [5, 5.41) is 17.5. The predicted molar refractivity (Wildman–Crippen MR) is 80.0 cm³/mol. The Morgan fingerprint density at radius 3 is 2.71 bits per heavy atom. The van der Waals surface area contributed by atoms with Crippen LogP contribution in [0.25, 0.3) is 0 Å². The van der Waals surface area contributed by atoms with Gasteiger partial charge in [-0.1, -0.05) is 30.4 Å². The highest BCUT2D eigenvalue weighted by Crippen LogP contribution is 2.19. The molecule has 0 aromatic heterocycles. The minimum absolute atomic E-state index is 0.248. The van der Waals surface area contributed by atoms with Crippen molar-refractivity contribution < 1.29 is 14.7 Å². The molecule has 2 amide bonds. The standard InChI is InChI=1S/C15H19N3O3/c1-16-9-11-4-2-3-5-13(11)18-15(21)17-12-7-6-10(8-12)14(19)20/h2-7,10,12,16H,8-9H2,1H3,(H,19,20)(H2,17,18,21). The highest BCUT2D eigenvalue weighted by atomic mass is 16.4. The summed E-state index contributed by atoms with van der Waals surface area (Å²) in [5.41, 5.74) is 1.72. The van der Waals surface area contributed by atoms with Gasteiger partial charge in [-0.05, 0) is 25.1 Å². The van der Waals surface area contributed by atoms with E-state index in [9.17, 15) is 9.59 Å². The van der Waals surface area contributed by atoms with Crippen LogP contribution in [0.2, 0.25) is 0 Å². The third kappa shape index (κ3) is 4.06. The first-order valence-corrected chi connectivity index (χ1v) is 6.81. The number of carboxylic acid groups (broad SMARTS) is 1. The summed E-state index contributed by atoms with van der Waals surface area (Å²) in [7, 11) is 1.84. The summed E-state index contributed by atoms with van der Waals surface area (Å²) in [6.45, 7) is 0.654. The summed E-state index contributed by atoms with van der Waals surface area (Å²) < 4.78 is 0. The van der Waals surface area contributed by atoms with Gasteiger partial charge in [0.1, 0.15) is 0 Å². The SMILES string of the molecule is CNCc1ccccc1NC(=O)NC1C=CC(C(=O)O)C1. The van der Waals surface area contributed by atoms with Crippen molar-refractivity contribution in [2.75, 3.05) is 12.4 Å². The average Bonchev–Trinajstić information content (AvgIpc) is 2.90. The fraction of sp³-hybridized carbons (Fsp3) is 0.333. The van der Waals surface area contributed by atoms with Gasteiger partial charge in [-0.15, -0.1) is 0 Å². The Morgan fingerprint density at radius 2 is 2.05 bits per heavy atom. The number of urea groups is 1. The molecule has 6 heteroatoms. The number of hydrogen-bond acceptors (Lipinski definition) is 3. The molecule has 2 atom stereocenters. The number of carbonyl (C=O) groups is 2. The van der Waals surface area contributed by atoms with Gasteiger partial charge < -0.3 is 21.1 Å². The van der Waals surface area contributed by atoms with E-state index in [0.29, 0.717) is 13.0 Å². The van der Waals surface area contributed by atoms with Crippen molar-refractivity contribution in [2.45, 2.75) is 19.0 Å². The molecule has 1 aromatic rings. The number of amides is 2. The van der Waals surface area contributed by atoms with E-state index >= 15 is 0 Å². The zero-order chi connectivity index (χ0) is 15.2. The lowest BCUT2D eigenvalue weighted by molar-refractivity contribution is -0.140. The second-order valence-corrected chi connectivity index (χ2v) is 4.96. The molecule has 1 aliphatic rings. The zero-order valence-electron chi connectivity index (χ0n) is 11.8. The molecule has 0 aliphatic heterocycles. The molecule has 112 valence electrons. The lowest BCUT2D eigenvalue weighted by Gasteiger charge is -2.15. The minimum Gasteiger partial charge on any atom is -0.481 e. The number of hydrogen-bond donors (Lipinski definition) is 4. The molecule has 2 rings (SSSR count). The highest BCUT2D eigenvalue weighted by Gasteiger charge is 2.25. The maximum absolute atomic E-state index is 12.0. The van der Waals surface area contributed by atoms with Crippen LogP contribution in [0.4, 0.5) is 10.5 Å². The molecular formula is C15H19N3O3. The van der Waals surface area contributed by atoms with Gasteiger partial charge in [0.2, 0.25) is 0 Å². The van der Waals surface area contributed by atoms with Gasteiger partial charge >= 0.3 is 12.0 Å². The van der Waals surface area contributed by atoms with Crippen molar-refractivity contribution in [3.8, 4) is 0 Å². The molecule has 0 heterocycles. The molecular weight excluding hydrogens is 270 g/mol. The largest absolute Gasteiger partial charge is 0.481 e. The maximum atomic E-state index is 12.0. The number of rotatable bonds is 5. The second-order valence-electron chi connectivity index (χ2n) is 4.96. The van der Waals surface area contributed by atoms with Crippen molar-refractivity contribution in [2.24, 2.45) is 5.92 Å². The second kappa shape index (κ2) is 6.90. The lowest BCUT2D eigenvalue weighted by Crippen LogP contribution is -2.36. The monoisotopic (exact) mass is 289 g/mol. The van der Waals surface area contributed by atoms with Gasteiger partial charge in [-0.2, -0.15) is 0 Å². The Morgan fingerprint density at radius 1 is 1.29 bits per heavy atom. The van der Waals surface area contributed by atoms with Gasteiger partial charge in [0.05, 0.1) is 12.0 Å². The number of para-hydroxylation sites is 1. The maximum Gasteiger partial charge on any atom is 0.319 e. The number of nitrogens with one attached hydrogen (secondary N) is 3. The number of carbonyl (C=O) groups excluding carboxylic acids is 1. The van der Waals surface area contributed by atoms with Crippen LogP contribution in [-0.4, -0.2) is 30.2 Å². The van der Waals surface area contributed by atoms with Crippen LogP contribution < -0.4 is 16.0 Å². The molecule has 0 saturated heterocycles. The summed E-state index contributed by atoms with van der Waals surface area (Å²) in [4.78, 5) is 22.8. The fourth-order valence-corrected chi connectivity index (χ4v) is 2.30. The molecule has 21 heavy (non-hydrogen) atoms. The first kappa shape index (κ1) is 15.1. The number of carboxylic acids is 1. The van der Waals surface area contributed by atoms with Crippen LogP contribution in [0.1, 0.15) is 12.0 Å². The van der Waals surface area contributed by atoms with E-state index in [2.05, 4.69) is 16.0 Å². The lowest BCUT2D eigenvalue weighted by atomic mass is 10.1. The Labute approximate surface area is 123 Å². The molecule has 0 radical (unpaired) electrons. The van der Waals surface area contributed by atoms with Crippen LogP contribution in [0.3, 0.4) is 0 Å². The number of anilines is 1. The van der Waals surface area contributed by atoms with E-state index < -0.39 is 11.9 Å². The van der Waals surface area contributed by atoms with Crippen molar-refractivity contribution in [1.82, 2.24) is 10.6 Å². The third-order valence-electron chi connectivity index (χ3n) is 3.35. The van der Waals surface area contributed by atoms with E-state index in [1.54, 1.807) is 12.2 Å². The van der Waals surface area contributed by atoms with Crippen LogP contribution in [0, 0.1) is 5.92 Å². The molecule has 0 fully saturated rings. The Balaban J connectivity index is 1.91. The zero-order valence-corrected chi connectivity index (χ0v) is 11.8. The van der Waals surface area contributed by atoms with Gasteiger partial charge in [0.15, 0.2) is 0 Å². The normalized spacial score (nSPS) is 20.2. The van der Waals surface area contributed by atoms with Crippen molar-refractivity contribution in [3.05, 3.63) is 42.0 Å². The molecule has 0 bridgehead atoms. The summed E-state index contributed by atoms with van der Waals surface area (Å²) in [6, 6.07) is 6.94. The Bertz CT molecular complexity index is 557. The van der Waals surface area contributed by atoms with Crippen LogP contribution in [0.5, 0.6) is 0 Å². The van der Waals surface area contributed by atoms with Crippen molar-refractivity contribution in [1.29, 1.82) is 0 Å². The van der Waals surface area contributed by atoms with E-state index in [1.807, 2.05) is 31.3 Å². The van der Waals surface area contributed by atoms with Crippen LogP contribution in [-0.2, 0) is 11.3 Å². The van der Waals surface area contributed by atoms with Crippen molar-refractivity contribution in [3.63, 3.8) is 0 Å². The average molecular weight is 289 g/mol. The fourth-order valence-electron chi connectivity index (χ4n) is 2.30. The topological polar surface area (TPSA) is 90.5 Å². The van der Waals surface area contributed by atoms with Gasteiger partial charge in [-0.3, -0.25) is 4.79 Å². The summed E-state index contributed by atoms with van der Waals surface area (Å²) in [5.74, 6) is -1.39. The molecule has 1 aliphatic carbocycles. The molecule has 1 aromatic carbocycles. The van der Waals surface area contributed by atoms with Gasteiger partial charge in [-0.25, -0.2) is 4.79 Å². The summed E-state index contributed by atoms with van der Waals surface area (Å²) in [6.07, 6.45) is 3.72. The van der Waals surface area contributed by atoms with Crippen LogP contribution in [0.15, 0.2) is 36.4 Å². The minimum atomic E-state index is -0.865. The van der Waals surface area contributed by atoms with E-state index in [0.717, 1.165) is 11.3 Å². The van der Waals surface area contributed by atoms with E-state index in [1.165, 1.54) is 0 Å². The first-order chi connectivity index (χ1) is 10.1.